The third-order valence-electron chi connectivity index (χ3n) is 4.24. The highest BCUT2D eigenvalue weighted by Crippen LogP contribution is 2.31. The van der Waals surface area contributed by atoms with Crippen molar-refractivity contribution >= 4 is 25.5 Å². The van der Waals surface area contributed by atoms with Gasteiger partial charge >= 0.3 is 0 Å². The zero-order chi connectivity index (χ0) is 19.1. The Labute approximate surface area is 151 Å². The van der Waals surface area contributed by atoms with Crippen LogP contribution in [0, 0.1) is 12.7 Å². The second-order valence-corrected chi connectivity index (χ2v) is 10.3. The van der Waals surface area contributed by atoms with Crippen molar-refractivity contribution in [2.45, 2.75) is 24.0 Å². The molecule has 0 saturated carbocycles. The maximum Gasteiger partial charge on any atom is 0.264 e. The molecule has 2 unspecified atom stereocenters. The van der Waals surface area contributed by atoms with Crippen LogP contribution in [0.2, 0.25) is 0 Å². The molecule has 1 aliphatic rings. The van der Waals surface area contributed by atoms with Gasteiger partial charge in [-0.15, -0.1) is 0 Å². The van der Waals surface area contributed by atoms with Gasteiger partial charge in [0, 0.05) is 0 Å². The van der Waals surface area contributed by atoms with Crippen LogP contribution in [0.25, 0.3) is 0 Å². The van der Waals surface area contributed by atoms with Gasteiger partial charge in [-0.25, -0.2) is 21.2 Å². The molecule has 3 rings (SSSR count). The van der Waals surface area contributed by atoms with Crippen LogP contribution in [-0.2, 0) is 19.9 Å². The van der Waals surface area contributed by atoms with Crippen LogP contribution in [-0.4, -0.2) is 45.6 Å². The van der Waals surface area contributed by atoms with Crippen LogP contribution in [0.4, 0.5) is 10.1 Å². The molecule has 0 aliphatic carbocycles. The summed E-state index contributed by atoms with van der Waals surface area (Å²) in [6, 6.07) is 9.64. The fraction of sp³-hybridized carbons (Fsp3) is 0.294. The molecule has 0 radical (unpaired) electrons. The van der Waals surface area contributed by atoms with Crippen LogP contribution < -0.4 is 4.31 Å². The summed E-state index contributed by atoms with van der Waals surface area (Å²) in [6.45, 7) is 1.80. The van der Waals surface area contributed by atoms with Gasteiger partial charge in [0.1, 0.15) is 5.82 Å². The molecule has 0 spiro atoms. The molecule has 1 saturated heterocycles. The van der Waals surface area contributed by atoms with E-state index in [0.717, 1.165) is 22.0 Å². The lowest BCUT2D eigenvalue weighted by Crippen LogP contribution is -2.47. The van der Waals surface area contributed by atoms with Crippen molar-refractivity contribution in [3.8, 4) is 0 Å². The predicted octanol–water partition coefficient (Wildman–Crippen LogP) is 1.49. The zero-order valence-corrected chi connectivity index (χ0v) is 15.5. The maximum absolute atomic E-state index is 13.7. The summed E-state index contributed by atoms with van der Waals surface area (Å²) in [5, 5.41) is 10.2. The Bertz CT molecular complexity index is 1020. The maximum atomic E-state index is 13.7. The number of anilines is 1. The van der Waals surface area contributed by atoms with Crippen molar-refractivity contribution in [1.82, 2.24) is 0 Å². The number of hydrogen-bond acceptors (Lipinski definition) is 5. The number of aliphatic hydroxyl groups excluding tert-OH is 1. The minimum absolute atomic E-state index is 0.0354. The smallest absolute Gasteiger partial charge is 0.264 e. The van der Waals surface area contributed by atoms with Gasteiger partial charge in [-0.05, 0) is 37.3 Å². The summed E-state index contributed by atoms with van der Waals surface area (Å²) in [4.78, 5) is -0.0659. The molecule has 0 amide bonds. The van der Waals surface area contributed by atoms with E-state index in [9.17, 15) is 26.3 Å². The van der Waals surface area contributed by atoms with Gasteiger partial charge in [-0.1, -0.05) is 23.8 Å². The van der Waals surface area contributed by atoms with Crippen molar-refractivity contribution in [1.29, 1.82) is 0 Å². The highest BCUT2D eigenvalue weighted by atomic mass is 32.2. The second kappa shape index (κ2) is 6.64. The normalized spacial score (nSPS) is 22.3. The highest BCUT2D eigenvalue weighted by molar-refractivity contribution is 7.93. The van der Waals surface area contributed by atoms with Crippen molar-refractivity contribution < 1.29 is 26.3 Å². The lowest BCUT2D eigenvalue weighted by molar-refractivity contribution is 0.184. The molecule has 9 heteroatoms. The Hall–Kier alpha value is -1.97. The number of hydrogen-bond donors (Lipinski definition) is 1. The standard InChI is InChI=1S/C17H18FNO5S2/c1-12-5-7-15(8-6-12)26(23,24)19(14-4-2-3-13(18)9-14)16-10-25(21,22)11-17(16)20/h2-9,16-17,20H,10-11H2,1H3. The van der Waals surface area contributed by atoms with Crippen molar-refractivity contribution in [3.63, 3.8) is 0 Å². The Balaban J connectivity index is 2.16. The summed E-state index contributed by atoms with van der Waals surface area (Å²) >= 11 is 0. The second-order valence-electron chi connectivity index (χ2n) is 6.31. The van der Waals surface area contributed by atoms with Gasteiger partial charge in [0.05, 0.1) is 34.2 Å². The third kappa shape index (κ3) is 3.60. The fourth-order valence-corrected chi connectivity index (χ4v) is 6.51. The molecule has 26 heavy (non-hydrogen) atoms. The number of sulfone groups is 1. The SMILES string of the molecule is Cc1ccc(S(=O)(=O)N(c2cccc(F)c2)C2CS(=O)(=O)CC2O)cc1. The first-order valence-corrected chi connectivity index (χ1v) is 11.1. The summed E-state index contributed by atoms with van der Waals surface area (Å²) in [5.41, 5.74) is 0.816. The van der Waals surface area contributed by atoms with Crippen LogP contribution in [0.3, 0.4) is 0 Å². The summed E-state index contributed by atoms with van der Waals surface area (Å²) in [7, 11) is -7.82. The number of rotatable bonds is 4. The largest absolute Gasteiger partial charge is 0.390 e. The molecular weight excluding hydrogens is 381 g/mol. The average molecular weight is 399 g/mol. The molecule has 6 nitrogen and oxygen atoms in total. The van der Waals surface area contributed by atoms with Crippen LogP contribution in [0.5, 0.6) is 0 Å². The number of sulfonamides is 1. The Morgan fingerprint density at radius 2 is 1.77 bits per heavy atom. The Morgan fingerprint density at radius 1 is 1.12 bits per heavy atom. The van der Waals surface area contributed by atoms with Crippen molar-refractivity contribution in [2.75, 3.05) is 15.8 Å². The number of nitrogens with zero attached hydrogens (tertiary/aromatic N) is 1. The lowest BCUT2D eigenvalue weighted by Gasteiger charge is -2.31. The number of halogens is 1. The fourth-order valence-electron chi connectivity index (χ4n) is 2.98. The van der Waals surface area contributed by atoms with Crippen LogP contribution in [0.15, 0.2) is 53.4 Å². The molecule has 2 aromatic carbocycles. The minimum atomic E-state index is -4.21. The minimum Gasteiger partial charge on any atom is -0.390 e. The predicted molar refractivity (Wildman–Crippen MR) is 95.7 cm³/mol. The molecular formula is C17H18FNO5S2. The van der Waals surface area contributed by atoms with E-state index in [1.165, 1.54) is 24.3 Å². The first-order valence-electron chi connectivity index (χ1n) is 7.85. The summed E-state index contributed by atoms with van der Waals surface area (Å²) < 4.78 is 64.7. The third-order valence-corrected chi connectivity index (χ3v) is 7.80. The topological polar surface area (TPSA) is 91.8 Å². The molecule has 0 bridgehead atoms. The van der Waals surface area contributed by atoms with E-state index in [0.29, 0.717) is 0 Å². The molecule has 1 aliphatic heterocycles. The zero-order valence-electron chi connectivity index (χ0n) is 13.9. The van der Waals surface area contributed by atoms with E-state index in [1.54, 1.807) is 19.1 Å². The average Bonchev–Trinajstić information content (AvgIpc) is 2.80. The summed E-state index contributed by atoms with van der Waals surface area (Å²) in [6.07, 6.45) is -1.40. The van der Waals surface area contributed by atoms with Gasteiger partial charge in [0.25, 0.3) is 10.0 Å². The number of benzene rings is 2. The van der Waals surface area contributed by atoms with Crippen molar-refractivity contribution in [2.24, 2.45) is 0 Å². The number of aliphatic hydroxyl groups is 1. The van der Waals surface area contributed by atoms with E-state index in [1.807, 2.05) is 0 Å². The molecule has 1 N–H and O–H groups in total. The van der Waals surface area contributed by atoms with Gasteiger partial charge in [-0.2, -0.15) is 0 Å². The lowest BCUT2D eigenvalue weighted by atomic mass is 10.2. The first kappa shape index (κ1) is 18.8. The van der Waals surface area contributed by atoms with Crippen LogP contribution in [0.1, 0.15) is 5.56 Å². The van der Waals surface area contributed by atoms with E-state index in [-0.39, 0.29) is 10.6 Å². The quantitative estimate of drug-likeness (QED) is 0.841. The monoisotopic (exact) mass is 399 g/mol. The molecule has 1 fully saturated rings. The van der Waals surface area contributed by atoms with E-state index in [4.69, 9.17) is 0 Å². The number of aryl methyl sites for hydroxylation is 1. The molecule has 140 valence electrons. The van der Waals surface area contributed by atoms with E-state index >= 15 is 0 Å². The van der Waals surface area contributed by atoms with Gasteiger partial charge in [-0.3, -0.25) is 4.31 Å². The Morgan fingerprint density at radius 3 is 2.31 bits per heavy atom. The first-order chi connectivity index (χ1) is 12.1. The molecule has 1 heterocycles. The van der Waals surface area contributed by atoms with Gasteiger partial charge in [0.2, 0.25) is 0 Å². The molecule has 0 aromatic heterocycles. The molecule has 2 aromatic rings. The van der Waals surface area contributed by atoms with E-state index in [2.05, 4.69) is 0 Å². The summed E-state index contributed by atoms with van der Waals surface area (Å²) in [5.74, 6) is -1.73. The molecule has 2 atom stereocenters. The van der Waals surface area contributed by atoms with Crippen LogP contribution >= 0.6 is 0 Å². The van der Waals surface area contributed by atoms with E-state index < -0.39 is 49.3 Å². The Kier molecular flexibility index (Phi) is 4.80. The highest BCUT2D eigenvalue weighted by Gasteiger charge is 2.45. The van der Waals surface area contributed by atoms with Crippen molar-refractivity contribution in [3.05, 3.63) is 59.9 Å². The van der Waals surface area contributed by atoms with Gasteiger partial charge < -0.3 is 5.11 Å². The van der Waals surface area contributed by atoms with Gasteiger partial charge in [0.15, 0.2) is 9.84 Å².